The number of rotatable bonds is 8. The Bertz CT molecular complexity index is 409. The molecule has 2 nitrogen and oxygen atoms in total. The Morgan fingerprint density at radius 3 is 2.58 bits per heavy atom. The monoisotopic (exact) mass is 343 g/mol. The first-order valence-electron chi connectivity index (χ1n) is 6.92. The first-order valence-corrected chi connectivity index (χ1v) is 8.16. The molecule has 1 amide bonds. The number of carbonyl (C=O) groups is 1. The van der Waals surface area contributed by atoms with E-state index in [1.54, 1.807) is 6.07 Å². The van der Waals surface area contributed by atoms with Gasteiger partial charge in [0.15, 0.2) is 0 Å². The summed E-state index contributed by atoms with van der Waals surface area (Å²) < 4.78 is 0.935. The zero-order valence-corrected chi connectivity index (χ0v) is 13.9. The third-order valence-corrected chi connectivity index (χ3v) is 3.88. The summed E-state index contributed by atoms with van der Waals surface area (Å²) in [6, 6.07) is 5.49. The van der Waals surface area contributed by atoms with Crippen LogP contribution in [0.4, 0.5) is 0 Å². The van der Waals surface area contributed by atoms with Gasteiger partial charge in [-0.05, 0) is 24.6 Å². The fourth-order valence-electron chi connectivity index (χ4n) is 1.90. The molecular weight excluding hydrogens is 322 g/mol. The van der Waals surface area contributed by atoms with Crippen LogP contribution in [-0.2, 0) is 0 Å². The van der Waals surface area contributed by atoms with Crippen molar-refractivity contribution < 1.29 is 4.79 Å². The molecule has 0 aliphatic rings. The second kappa shape index (κ2) is 9.43. The smallest absolute Gasteiger partial charge is 0.252 e. The van der Waals surface area contributed by atoms with Crippen LogP contribution in [0.3, 0.4) is 0 Å². The average molecular weight is 344 g/mol. The van der Waals surface area contributed by atoms with E-state index in [9.17, 15) is 4.79 Å². The van der Waals surface area contributed by atoms with Crippen molar-refractivity contribution in [3.63, 3.8) is 0 Å². The maximum Gasteiger partial charge on any atom is 0.252 e. The second-order valence-electron chi connectivity index (χ2n) is 4.69. The number of benzene rings is 1. The van der Waals surface area contributed by atoms with Crippen molar-refractivity contribution in [3.05, 3.63) is 28.2 Å². The van der Waals surface area contributed by atoms with Crippen LogP contribution in [0.5, 0.6) is 0 Å². The van der Waals surface area contributed by atoms with E-state index in [1.165, 1.54) is 32.1 Å². The molecule has 0 saturated carbocycles. The van der Waals surface area contributed by atoms with Gasteiger partial charge in [0.25, 0.3) is 5.91 Å². The Labute approximate surface area is 129 Å². The second-order valence-corrected chi connectivity index (χ2v) is 6.08. The Balaban J connectivity index is 2.24. The molecule has 0 bridgehead atoms. The van der Waals surface area contributed by atoms with Crippen molar-refractivity contribution in [2.24, 2.45) is 0 Å². The molecule has 19 heavy (non-hydrogen) atoms. The molecule has 1 aromatic rings. The molecule has 0 atom stereocenters. The van der Waals surface area contributed by atoms with Crippen molar-refractivity contribution in [1.29, 1.82) is 0 Å². The molecule has 1 aromatic carbocycles. The molecule has 0 heterocycles. The maximum atomic E-state index is 11.9. The largest absolute Gasteiger partial charge is 0.352 e. The molecule has 0 fully saturated rings. The van der Waals surface area contributed by atoms with Gasteiger partial charge in [0.1, 0.15) is 0 Å². The Morgan fingerprint density at radius 2 is 1.89 bits per heavy atom. The van der Waals surface area contributed by atoms with Gasteiger partial charge in [-0.2, -0.15) is 0 Å². The topological polar surface area (TPSA) is 29.1 Å². The van der Waals surface area contributed by atoms with Gasteiger partial charge >= 0.3 is 0 Å². The molecule has 0 spiro atoms. The van der Waals surface area contributed by atoms with Crippen LogP contribution < -0.4 is 5.32 Å². The molecule has 4 heteroatoms. The molecule has 106 valence electrons. The normalized spacial score (nSPS) is 10.5. The van der Waals surface area contributed by atoms with Gasteiger partial charge in [0.05, 0.1) is 5.56 Å². The molecule has 0 aromatic heterocycles. The summed E-state index contributed by atoms with van der Waals surface area (Å²) in [5.41, 5.74) is 0.637. The van der Waals surface area contributed by atoms with Gasteiger partial charge in [0, 0.05) is 15.9 Å². The van der Waals surface area contributed by atoms with Gasteiger partial charge in [-0.15, -0.1) is 12.6 Å². The van der Waals surface area contributed by atoms with Gasteiger partial charge in [0.2, 0.25) is 0 Å². The van der Waals surface area contributed by atoms with E-state index in [0.717, 1.165) is 17.4 Å². The molecule has 0 saturated heterocycles. The van der Waals surface area contributed by atoms with Crippen LogP contribution in [0.15, 0.2) is 27.6 Å². The summed E-state index contributed by atoms with van der Waals surface area (Å²) in [6.45, 7) is 2.96. The van der Waals surface area contributed by atoms with Crippen LogP contribution in [0, 0.1) is 0 Å². The molecule has 0 unspecified atom stereocenters. The van der Waals surface area contributed by atoms with E-state index in [-0.39, 0.29) is 5.91 Å². The lowest BCUT2D eigenvalue weighted by molar-refractivity contribution is 0.0950. The third-order valence-electron chi connectivity index (χ3n) is 3.02. The first-order chi connectivity index (χ1) is 9.15. The third kappa shape index (κ3) is 6.48. The molecule has 1 rings (SSSR count). The highest BCUT2D eigenvalue weighted by atomic mass is 79.9. The Kier molecular flexibility index (Phi) is 8.22. The number of nitrogens with one attached hydrogen (secondary N) is 1. The van der Waals surface area contributed by atoms with Crippen molar-refractivity contribution in [2.45, 2.75) is 50.3 Å². The van der Waals surface area contributed by atoms with Gasteiger partial charge in [-0.25, -0.2) is 0 Å². The van der Waals surface area contributed by atoms with Crippen LogP contribution in [-0.4, -0.2) is 12.5 Å². The van der Waals surface area contributed by atoms with E-state index < -0.39 is 0 Å². The zero-order chi connectivity index (χ0) is 14.1. The predicted molar refractivity (Wildman–Crippen MR) is 87.1 cm³/mol. The number of amides is 1. The molecule has 0 aliphatic heterocycles. The maximum absolute atomic E-state index is 11.9. The highest BCUT2D eigenvalue weighted by Crippen LogP contribution is 2.19. The van der Waals surface area contributed by atoms with Gasteiger partial charge in [-0.1, -0.05) is 55.0 Å². The first kappa shape index (κ1) is 16.6. The van der Waals surface area contributed by atoms with Gasteiger partial charge in [-0.3, -0.25) is 4.79 Å². The molecular formula is C15H22BrNOS. The van der Waals surface area contributed by atoms with E-state index >= 15 is 0 Å². The van der Waals surface area contributed by atoms with Gasteiger partial charge < -0.3 is 5.32 Å². The van der Waals surface area contributed by atoms with Crippen LogP contribution in [0.25, 0.3) is 0 Å². The highest BCUT2D eigenvalue weighted by Gasteiger charge is 2.08. The standard InChI is InChI=1S/C15H22BrNOS/c1-2-3-4-5-6-7-10-17-15(18)13-9-8-12(16)11-14(13)19/h8-9,11,19H,2-7,10H2,1H3,(H,17,18). The minimum absolute atomic E-state index is 0.0361. The minimum Gasteiger partial charge on any atom is -0.352 e. The molecule has 1 N–H and O–H groups in total. The zero-order valence-electron chi connectivity index (χ0n) is 11.4. The Hall–Kier alpha value is -0.480. The van der Waals surface area contributed by atoms with E-state index in [2.05, 4.69) is 40.8 Å². The van der Waals surface area contributed by atoms with Crippen LogP contribution in [0.1, 0.15) is 55.8 Å². The fraction of sp³-hybridized carbons (Fsp3) is 0.533. The van der Waals surface area contributed by atoms with Crippen molar-refractivity contribution in [2.75, 3.05) is 6.54 Å². The van der Waals surface area contributed by atoms with Crippen LogP contribution in [0.2, 0.25) is 0 Å². The molecule has 0 aliphatic carbocycles. The Morgan fingerprint density at radius 1 is 1.21 bits per heavy atom. The summed E-state index contributed by atoms with van der Waals surface area (Å²) >= 11 is 7.68. The summed E-state index contributed by atoms with van der Waals surface area (Å²) in [5, 5.41) is 2.95. The summed E-state index contributed by atoms with van der Waals surface area (Å²) in [4.78, 5) is 12.6. The van der Waals surface area contributed by atoms with Crippen molar-refractivity contribution in [1.82, 2.24) is 5.32 Å². The average Bonchev–Trinajstić information content (AvgIpc) is 2.37. The quantitative estimate of drug-likeness (QED) is 0.513. The predicted octanol–water partition coefficient (Wildman–Crippen LogP) is 4.83. The SMILES string of the molecule is CCCCCCCCNC(=O)c1ccc(Br)cc1S. The number of halogens is 1. The minimum atomic E-state index is -0.0361. The number of hydrogen-bond acceptors (Lipinski definition) is 2. The number of hydrogen-bond donors (Lipinski definition) is 2. The number of carbonyl (C=O) groups excluding carboxylic acids is 1. The lowest BCUT2D eigenvalue weighted by Gasteiger charge is -2.07. The van der Waals surface area contributed by atoms with Crippen molar-refractivity contribution in [3.8, 4) is 0 Å². The summed E-state index contributed by atoms with van der Waals surface area (Å²) in [5.74, 6) is -0.0361. The van der Waals surface area contributed by atoms with E-state index in [0.29, 0.717) is 10.5 Å². The lowest BCUT2D eigenvalue weighted by atomic mass is 10.1. The fourth-order valence-corrected chi connectivity index (χ4v) is 2.75. The molecule has 0 radical (unpaired) electrons. The van der Waals surface area contributed by atoms with E-state index in [1.807, 2.05) is 12.1 Å². The van der Waals surface area contributed by atoms with E-state index in [4.69, 9.17) is 0 Å². The summed E-state index contributed by atoms with van der Waals surface area (Å²) in [7, 11) is 0. The number of unbranched alkanes of at least 4 members (excludes halogenated alkanes) is 5. The highest BCUT2D eigenvalue weighted by molar-refractivity contribution is 9.10. The lowest BCUT2D eigenvalue weighted by Crippen LogP contribution is -2.24. The van der Waals surface area contributed by atoms with Crippen LogP contribution >= 0.6 is 28.6 Å². The van der Waals surface area contributed by atoms with Crippen molar-refractivity contribution >= 4 is 34.5 Å². The number of thiol groups is 1. The summed E-state index contributed by atoms with van der Waals surface area (Å²) in [6.07, 6.45) is 7.39.